The first kappa shape index (κ1) is 82.3. The van der Waals surface area contributed by atoms with Crippen LogP contribution in [0.15, 0.2) is 181 Å². The van der Waals surface area contributed by atoms with Crippen LogP contribution in [0, 0.1) is 49.2 Å². The van der Waals surface area contributed by atoms with Crippen molar-refractivity contribution in [2.75, 3.05) is 98.1 Å². The number of thiazole rings is 3. The summed E-state index contributed by atoms with van der Waals surface area (Å²) in [5.41, 5.74) is 18.5. The molecule has 7 aromatic heterocycles. The van der Waals surface area contributed by atoms with Crippen LogP contribution >= 0.6 is 34.0 Å². The van der Waals surface area contributed by atoms with Crippen molar-refractivity contribution in [1.82, 2.24) is 64.4 Å². The van der Waals surface area contributed by atoms with Gasteiger partial charge in [0, 0.05) is 121 Å². The molecule has 8 unspecified atom stereocenters. The monoisotopic (exact) mass is 1660 g/mol. The number of piperazine rings is 4. The van der Waals surface area contributed by atoms with Crippen LogP contribution in [0.5, 0.6) is 0 Å². The van der Waals surface area contributed by atoms with Gasteiger partial charge in [-0.25, -0.2) is 43.2 Å². The molecule has 0 saturated carbocycles. The van der Waals surface area contributed by atoms with Crippen LogP contribution in [0.1, 0.15) is 118 Å². The molecule has 12 aromatic rings. The molecular formula is C93H107F2N17O4S3. The van der Waals surface area contributed by atoms with E-state index in [9.17, 15) is 28.0 Å². The minimum absolute atomic E-state index is 0. The van der Waals surface area contributed by atoms with Crippen LogP contribution < -0.4 is 24.9 Å². The lowest BCUT2D eigenvalue weighted by atomic mass is 9.96. The number of pyridine rings is 3. The summed E-state index contributed by atoms with van der Waals surface area (Å²) in [5, 5.41) is 7.74. The highest BCUT2D eigenvalue weighted by Gasteiger charge is 2.47. The van der Waals surface area contributed by atoms with Gasteiger partial charge in [-0.3, -0.25) is 19.2 Å². The van der Waals surface area contributed by atoms with E-state index in [1.807, 2.05) is 80.8 Å². The molecule has 8 saturated heterocycles. The Bertz CT molecular complexity index is 5490. The molecule has 4 amide bonds. The van der Waals surface area contributed by atoms with Crippen LogP contribution in [-0.2, 0) is 45.0 Å². The maximum absolute atomic E-state index is 14.3. The van der Waals surface area contributed by atoms with E-state index in [2.05, 4.69) is 174 Å². The molecule has 8 fully saturated rings. The predicted octanol–water partition coefficient (Wildman–Crippen LogP) is 15.7. The SMILES string of the molecule is C.CC1CN2C(=O)C(CCCc3cccc4ncsc34)CC2CN1c1ccccc1F.Cc1ccc(N2CCN3C(=O)C(CCCc4cccc5ncsc45)CC3C2)nc1.Cc1ccc(N2CCN3C(=O)C(CCNCc4cccc5ncnn45)C[C@H]3C2)nc1.O=C1C(CCCc2cccc3ncsc23)CC2CN(c3ccccc3F)CCN12. The highest BCUT2D eigenvalue weighted by Crippen LogP contribution is 2.40. The van der Waals surface area contributed by atoms with Crippen molar-refractivity contribution in [2.24, 2.45) is 23.7 Å². The van der Waals surface area contributed by atoms with Gasteiger partial charge in [-0.2, -0.15) is 5.10 Å². The van der Waals surface area contributed by atoms with E-state index in [4.69, 9.17) is 0 Å². The van der Waals surface area contributed by atoms with E-state index >= 15 is 0 Å². The molecule has 0 radical (unpaired) electrons. The van der Waals surface area contributed by atoms with Crippen molar-refractivity contribution in [3.8, 4) is 0 Å². The topological polar surface area (TPSA) is 201 Å². The summed E-state index contributed by atoms with van der Waals surface area (Å²) >= 11 is 5.10. The average Bonchev–Trinajstić information content (AvgIpc) is 1.64. The molecule has 0 aliphatic carbocycles. The zero-order valence-corrected chi connectivity index (χ0v) is 69.8. The van der Waals surface area contributed by atoms with Gasteiger partial charge in [0.15, 0.2) is 5.65 Å². The van der Waals surface area contributed by atoms with Gasteiger partial charge in [-0.05, 0) is 212 Å². The smallest absolute Gasteiger partial charge is 0.226 e. The van der Waals surface area contributed by atoms with Gasteiger partial charge in [0.05, 0.1) is 88.4 Å². The number of rotatable bonds is 21. The molecule has 20 rings (SSSR count). The molecule has 8 aliphatic rings. The third-order valence-corrected chi connectivity index (χ3v) is 28.3. The Morgan fingerprint density at radius 2 is 0.849 bits per heavy atom. The first-order chi connectivity index (χ1) is 57.7. The molecule has 8 aliphatic heterocycles. The predicted molar refractivity (Wildman–Crippen MR) is 472 cm³/mol. The number of carbonyl (C=O) groups is 4. The largest absolute Gasteiger partial charge is 0.365 e. The van der Waals surface area contributed by atoms with Crippen LogP contribution in [0.3, 0.4) is 0 Å². The Balaban J connectivity index is 0.000000118. The molecule has 0 spiro atoms. The molecular weight excluding hydrogens is 1550 g/mol. The van der Waals surface area contributed by atoms with Crippen molar-refractivity contribution < 1.29 is 28.0 Å². The normalized spacial score (nSPS) is 22.0. The number of amides is 4. The second-order valence-electron chi connectivity index (χ2n) is 33.1. The highest BCUT2D eigenvalue weighted by molar-refractivity contribution is 7.17. The zero-order chi connectivity index (χ0) is 80.8. The third-order valence-electron chi connectivity index (χ3n) is 25.5. The molecule has 21 nitrogen and oxygen atoms in total. The maximum atomic E-state index is 14.3. The van der Waals surface area contributed by atoms with Gasteiger partial charge in [0.2, 0.25) is 23.6 Å². The first-order valence-corrected chi connectivity index (χ1v) is 44.8. The zero-order valence-electron chi connectivity index (χ0n) is 67.4. The van der Waals surface area contributed by atoms with Gasteiger partial charge in [-0.15, -0.1) is 34.0 Å². The maximum Gasteiger partial charge on any atom is 0.226 e. The lowest BCUT2D eigenvalue weighted by Gasteiger charge is -2.43. The number of halogens is 2. The van der Waals surface area contributed by atoms with Crippen molar-refractivity contribution in [3.05, 3.63) is 226 Å². The Kier molecular flexibility index (Phi) is 25.9. The second-order valence-corrected chi connectivity index (χ2v) is 35.7. The molecule has 1 N–H and O–H groups in total. The van der Waals surface area contributed by atoms with E-state index in [-0.39, 0.29) is 66.8 Å². The molecule has 15 heterocycles. The Morgan fingerprint density at radius 3 is 1.32 bits per heavy atom. The van der Waals surface area contributed by atoms with Crippen LogP contribution in [0.25, 0.3) is 36.3 Å². The average molecular weight is 1660 g/mol. The molecule has 620 valence electrons. The van der Waals surface area contributed by atoms with Gasteiger partial charge in [0.1, 0.15) is 29.6 Å². The summed E-state index contributed by atoms with van der Waals surface area (Å²) in [6.45, 7) is 16.3. The van der Waals surface area contributed by atoms with Gasteiger partial charge in [-0.1, -0.05) is 86.3 Å². The Morgan fingerprint density at radius 1 is 0.420 bits per heavy atom. The fourth-order valence-corrected chi connectivity index (χ4v) is 21.9. The second kappa shape index (κ2) is 37.5. The molecule has 0 bridgehead atoms. The summed E-state index contributed by atoms with van der Waals surface area (Å²) in [5.74, 6) is 3.40. The number of hydrogen-bond acceptors (Lipinski definition) is 19. The molecule has 5 aromatic carbocycles. The highest BCUT2D eigenvalue weighted by atomic mass is 32.1. The number of carbonyl (C=O) groups excluding carboxylic acids is 4. The van der Waals surface area contributed by atoms with E-state index in [0.29, 0.717) is 73.9 Å². The number of hydrogen-bond donors (Lipinski definition) is 1. The minimum atomic E-state index is -0.184. The number of fused-ring (bicyclic) bond motifs is 8. The Hall–Kier alpha value is -10.4. The first-order valence-electron chi connectivity index (χ1n) is 42.2. The van der Waals surface area contributed by atoms with Crippen molar-refractivity contribution in [2.45, 2.75) is 155 Å². The van der Waals surface area contributed by atoms with Crippen LogP contribution in [-0.4, -0.2) is 191 Å². The number of anilines is 4. The van der Waals surface area contributed by atoms with Crippen molar-refractivity contribution in [1.29, 1.82) is 0 Å². The summed E-state index contributed by atoms with van der Waals surface area (Å²) in [4.78, 5) is 95.5. The van der Waals surface area contributed by atoms with Crippen LogP contribution in [0.4, 0.5) is 31.8 Å². The lowest BCUT2D eigenvalue weighted by molar-refractivity contribution is -0.133. The Labute approximate surface area is 707 Å². The summed E-state index contributed by atoms with van der Waals surface area (Å²) in [6.07, 6.45) is 18.8. The summed E-state index contributed by atoms with van der Waals surface area (Å²) in [7, 11) is 0. The minimum Gasteiger partial charge on any atom is -0.365 e. The molecule has 119 heavy (non-hydrogen) atoms. The molecule has 9 atom stereocenters. The number of nitrogens with zero attached hydrogens (tertiary/aromatic N) is 16. The van der Waals surface area contributed by atoms with Gasteiger partial charge >= 0.3 is 0 Å². The fourth-order valence-electron chi connectivity index (χ4n) is 19.4. The standard InChI is InChI=1S/C24H26FN3OS.C23H24FN3OS.C23H26N4OS.C22H27N7O.CH4/c1-16-13-28-19(14-27(16)22-11-3-2-9-20(22)25)12-18(24(28)29)8-4-6-17-7-5-10-21-23(17)30-15-26-21;24-19-8-1-2-10-21(19)26-11-12-27-18(14-26)13-17(23(27)28)7-3-5-16-6-4-9-20-22(16)29-15-25-20;1-16-8-9-21(24-13-16)26-10-11-27-19(14-26)12-18(23(27)28)6-2-4-17-5-3-7-20-22(17)29-15-25-20;1-16-5-6-20(24-12-16)27-9-10-28-19(14-27)11-17(22(28)30)7-8-23-13-18-3-2-4-21-25-15-26-29(18)21;/h2-3,5,7,9-11,15-16,18-19H,4,6,8,12-14H2,1H3;1-2,4,6,8-10,15,17-18H,3,5,7,11-14H2;3,5,7-9,13,15,18-19H,2,4,6,10-12,14H2,1H3;2-6,12,15,17,19,23H,7-11,13-14H2,1H3;1H4/t;;;17?,19-;/m...0./s1. The van der Waals surface area contributed by atoms with Crippen molar-refractivity contribution >= 4 is 117 Å². The van der Waals surface area contributed by atoms with Gasteiger partial charge < -0.3 is 44.5 Å². The molecule has 26 heteroatoms. The summed E-state index contributed by atoms with van der Waals surface area (Å²) < 4.78 is 34.2. The summed E-state index contributed by atoms with van der Waals surface area (Å²) in [6, 6.07) is 48.3. The van der Waals surface area contributed by atoms with Gasteiger partial charge in [0.25, 0.3) is 0 Å². The number of nitrogens with one attached hydrogen (secondary N) is 1. The number of aryl methyl sites for hydroxylation is 5. The number of para-hydroxylation sites is 2. The quantitative estimate of drug-likeness (QED) is 0.0665. The number of benzene rings is 5. The van der Waals surface area contributed by atoms with Crippen molar-refractivity contribution in [3.63, 3.8) is 0 Å². The third kappa shape index (κ3) is 18.4. The van der Waals surface area contributed by atoms with E-state index in [1.54, 1.807) is 52.5 Å². The lowest BCUT2D eigenvalue weighted by Crippen LogP contribution is -2.56. The number of aromatic nitrogens is 8. The fraction of sp³-hybridized carbons (Fsp3) is 0.430. The van der Waals surface area contributed by atoms with E-state index in [1.165, 1.54) is 54.0 Å². The van der Waals surface area contributed by atoms with E-state index in [0.717, 1.165) is 182 Å². The van der Waals surface area contributed by atoms with E-state index < -0.39 is 0 Å². The van der Waals surface area contributed by atoms with Crippen LogP contribution in [0.2, 0.25) is 0 Å².